The lowest BCUT2D eigenvalue weighted by Gasteiger charge is -2.35. The summed E-state index contributed by atoms with van der Waals surface area (Å²) in [5.41, 5.74) is 3.62. The molecule has 2 aromatic carbocycles. The Morgan fingerprint density at radius 3 is 2.76 bits per heavy atom. The summed E-state index contributed by atoms with van der Waals surface area (Å²) in [5, 5.41) is 9.05. The number of nitrogens with one attached hydrogen (secondary N) is 1. The number of likely N-dealkylation sites (tertiary alicyclic amines) is 1. The number of rotatable bonds is 6. The van der Waals surface area contributed by atoms with Crippen molar-refractivity contribution in [3.8, 4) is 16.3 Å². The van der Waals surface area contributed by atoms with Crippen molar-refractivity contribution in [3.05, 3.63) is 64.8 Å². The summed E-state index contributed by atoms with van der Waals surface area (Å²) in [7, 11) is 1.82. The van der Waals surface area contributed by atoms with Crippen LogP contribution in [0.4, 0.5) is 4.79 Å². The van der Waals surface area contributed by atoms with E-state index in [4.69, 9.17) is 9.72 Å². The number of piperidine rings is 1. The molecule has 2 aromatic heterocycles. The number of amides is 2. The summed E-state index contributed by atoms with van der Waals surface area (Å²) >= 11 is 1.65. The molecule has 1 aliphatic carbocycles. The van der Waals surface area contributed by atoms with E-state index in [1.165, 1.54) is 0 Å². The third-order valence-corrected chi connectivity index (χ3v) is 8.60. The Balaban J connectivity index is 1.19. The van der Waals surface area contributed by atoms with Gasteiger partial charge in [0, 0.05) is 32.1 Å². The molecule has 2 aliphatic rings. The quantitative estimate of drug-likeness (QED) is 0.348. The van der Waals surface area contributed by atoms with Crippen LogP contribution in [0.3, 0.4) is 0 Å². The SMILES string of the molecule is Cc1cccc(-c2sc(C3CC3)nc2C(=O)N2CCCC[C@H]2CNC(=O)Oc2nn(C)c3ccccc23)c1. The fraction of sp³-hybridized carbons (Fsp3) is 0.379. The molecular formula is C29H31N5O3S. The van der Waals surface area contributed by atoms with Crippen LogP contribution < -0.4 is 10.1 Å². The number of nitrogens with zero attached hydrogens (tertiary/aromatic N) is 4. The Hall–Kier alpha value is -3.72. The van der Waals surface area contributed by atoms with E-state index < -0.39 is 6.09 Å². The first-order valence-corrected chi connectivity index (χ1v) is 14.1. The van der Waals surface area contributed by atoms with Gasteiger partial charge in [0.25, 0.3) is 11.8 Å². The second-order valence-electron chi connectivity index (χ2n) is 10.2. The van der Waals surface area contributed by atoms with Gasteiger partial charge in [0.15, 0.2) is 0 Å². The topological polar surface area (TPSA) is 89.3 Å². The van der Waals surface area contributed by atoms with E-state index in [0.717, 1.165) is 64.0 Å². The molecular weight excluding hydrogens is 498 g/mol. The maximum absolute atomic E-state index is 13.9. The van der Waals surface area contributed by atoms with Gasteiger partial charge in [-0.05, 0) is 56.7 Å². The molecule has 3 heterocycles. The molecule has 38 heavy (non-hydrogen) atoms. The number of hydrogen-bond acceptors (Lipinski definition) is 6. The molecule has 0 radical (unpaired) electrons. The van der Waals surface area contributed by atoms with Crippen molar-refractivity contribution in [2.45, 2.75) is 51.0 Å². The smallest absolute Gasteiger partial charge is 0.389 e. The second kappa shape index (κ2) is 10.2. The molecule has 1 saturated heterocycles. The minimum atomic E-state index is -0.572. The zero-order chi connectivity index (χ0) is 26.2. The average molecular weight is 530 g/mol. The lowest BCUT2D eigenvalue weighted by molar-refractivity contribution is 0.0607. The second-order valence-corrected chi connectivity index (χ2v) is 11.3. The van der Waals surface area contributed by atoms with Crippen LogP contribution >= 0.6 is 11.3 Å². The minimum absolute atomic E-state index is 0.0553. The van der Waals surface area contributed by atoms with Gasteiger partial charge in [-0.25, -0.2) is 9.78 Å². The van der Waals surface area contributed by atoms with Crippen LogP contribution in [0, 0.1) is 6.92 Å². The number of aryl methyl sites for hydroxylation is 2. The van der Waals surface area contributed by atoms with Crippen molar-refractivity contribution < 1.29 is 14.3 Å². The number of benzene rings is 2. The van der Waals surface area contributed by atoms with E-state index in [-0.39, 0.29) is 17.8 Å². The fourth-order valence-corrected chi connectivity index (χ4v) is 6.39. The molecule has 0 unspecified atom stereocenters. The molecule has 6 rings (SSSR count). The minimum Gasteiger partial charge on any atom is -0.389 e. The van der Waals surface area contributed by atoms with Gasteiger partial charge in [-0.1, -0.05) is 42.0 Å². The summed E-state index contributed by atoms with van der Waals surface area (Å²) in [4.78, 5) is 34.4. The van der Waals surface area contributed by atoms with Crippen molar-refractivity contribution in [1.29, 1.82) is 0 Å². The van der Waals surface area contributed by atoms with Crippen LogP contribution in [0.2, 0.25) is 0 Å². The number of hydrogen-bond donors (Lipinski definition) is 1. The Kier molecular flexibility index (Phi) is 6.61. The zero-order valence-electron chi connectivity index (χ0n) is 21.6. The summed E-state index contributed by atoms with van der Waals surface area (Å²) in [6.45, 7) is 3.02. The number of thiazole rings is 1. The lowest BCUT2D eigenvalue weighted by atomic mass is 10.0. The van der Waals surface area contributed by atoms with Gasteiger partial charge in [-0.15, -0.1) is 16.4 Å². The van der Waals surface area contributed by atoms with E-state index in [1.54, 1.807) is 16.0 Å². The number of carbonyl (C=O) groups excluding carboxylic acids is 2. The number of carbonyl (C=O) groups is 2. The first-order valence-electron chi connectivity index (χ1n) is 13.2. The summed E-state index contributed by atoms with van der Waals surface area (Å²) in [6.07, 6.45) is 4.46. The van der Waals surface area contributed by atoms with Crippen molar-refractivity contribution in [2.75, 3.05) is 13.1 Å². The molecule has 4 aromatic rings. The summed E-state index contributed by atoms with van der Waals surface area (Å²) < 4.78 is 7.24. The lowest BCUT2D eigenvalue weighted by Crippen LogP contribution is -2.50. The van der Waals surface area contributed by atoms with Crippen molar-refractivity contribution in [1.82, 2.24) is 25.0 Å². The van der Waals surface area contributed by atoms with Crippen LogP contribution in [-0.4, -0.2) is 50.8 Å². The molecule has 0 bridgehead atoms. The maximum Gasteiger partial charge on any atom is 0.414 e. The van der Waals surface area contributed by atoms with Crippen LogP contribution in [0.1, 0.15) is 59.1 Å². The molecule has 1 atom stereocenters. The highest BCUT2D eigenvalue weighted by molar-refractivity contribution is 7.15. The van der Waals surface area contributed by atoms with Gasteiger partial charge in [-0.2, -0.15) is 0 Å². The molecule has 1 aliphatic heterocycles. The van der Waals surface area contributed by atoms with E-state index in [0.29, 0.717) is 24.7 Å². The molecule has 1 N–H and O–H groups in total. The summed E-state index contributed by atoms with van der Waals surface area (Å²) in [5.74, 6) is 0.691. The van der Waals surface area contributed by atoms with Crippen LogP contribution in [-0.2, 0) is 7.05 Å². The Bertz CT molecular complexity index is 1510. The Morgan fingerprint density at radius 1 is 1.11 bits per heavy atom. The normalized spacial score (nSPS) is 17.5. The molecule has 1 saturated carbocycles. The fourth-order valence-electron chi connectivity index (χ4n) is 5.17. The monoisotopic (exact) mass is 529 g/mol. The molecule has 9 heteroatoms. The highest BCUT2D eigenvalue weighted by atomic mass is 32.1. The first-order chi connectivity index (χ1) is 18.5. The van der Waals surface area contributed by atoms with Crippen LogP contribution in [0.15, 0.2) is 48.5 Å². The standard InChI is InChI=1S/C29H31N5O3S/c1-18-8-7-9-20(16-18)25-24(31-27(38-25)19-13-14-19)28(35)34-15-6-5-10-21(34)17-30-29(36)37-26-22-11-3-4-12-23(22)33(2)32-26/h3-4,7-9,11-12,16,19,21H,5-6,10,13-15,17H2,1-2H3,(H,30,36)/t21-/m0/s1. The first kappa shape index (κ1) is 24.6. The maximum atomic E-state index is 13.9. The van der Waals surface area contributed by atoms with E-state index >= 15 is 0 Å². The highest BCUT2D eigenvalue weighted by Gasteiger charge is 2.34. The third-order valence-electron chi connectivity index (χ3n) is 7.34. The number of aromatic nitrogens is 3. The highest BCUT2D eigenvalue weighted by Crippen LogP contribution is 2.45. The van der Waals surface area contributed by atoms with Crippen LogP contribution in [0.25, 0.3) is 21.3 Å². The van der Waals surface area contributed by atoms with Crippen molar-refractivity contribution in [2.24, 2.45) is 7.05 Å². The largest absolute Gasteiger partial charge is 0.414 e. The predicted molar refractivity (Wildman–Crippen MR) is 148 cm³/mol. The third kappa shape index (κ3) is 4.90. The average Bonchev–Trinajstić information content (AvgIpc) is 3.61. The number of fused-ring (bicyclic) bond motifs is 1. The molecule has 0 spiro atoms. The molecule has 8 nitrogen and oxygen atoms in total. The van der Waals surface area contributed by atoms with Gasteiger partial charge < -0.3 is 15.0 Å². The van der Waals surface area contributed by atoms with Gasteiger partial charge in [-0.3, -0.25) is 9.48 Å². The van der Waals surface area contributed by atoms with Crippen molar-refractivity contribution in [3.63, 3.8) is 0 Å². The van der Waals surface area contributed by atoms with E-state index in [9.17, 15) is 9.59 Å². The molecule has 2 fully saturated rings. The Labute approximate surface area is 225 Å². The molecule has 196 valence electrons. The predicted octanol–water partition coefficient (Wildman–Crippen LogP) is 5.67. The van der Waals surface area contributed by atoms with Crippen LogP contribution in [0.5, 0.6) is 5.88 Å². The van der Waals surface area contributed by atoms with Crippen molar-refractivity contribution >= 4 is 34.2 Å². The molecule has 2 amide bonds. The zero-order valence-corrected chi connectivity index (χ0v) is 22.5. The van der Waals surface area contributed by atoms with Gasteiger partial charge in [0.1, 0.15) is 5.69 Å². The number of ether oxygens (including phenoxy) is 1. The van der Waals surface area contributed by atoms with E-state index in [2.05, 4.69) is 35.5 Å². The van der Waals surface area contributed by atoms with Gasteiger partial charge in [0.2, 0.25) is 0 Å². The van der Waals surface area contributed by atoms with Gasteiger partial charge in [0.05, 0.1) is 20.8 Å². The number of para-hydroxylation sites is 1. The summed E-state index contributed by atoms with van der Waals surface area (Å²) in [6, 6.07) is 15.8. The Morgan fingerprint density at radius 2 is 1.95 bits per heavy atom. The van der Waals surface area contributed by atoms with Gasteiger partial charge >= 0.3 is 6.09 Å². The van der Waals surface area contributed by atoms with E-state index in [1.807, 2.05) is 42.3 Å².